The van der Waals surface area contributed by atoms with Crippen LogP contribution >= 0.6 is 0 Å². The Bertz CT molecular complexity index is 1330. The van der Waals surface area contributed by atoms with Gasteiger partial charge in [0, 0.05) is 23.7 Å². The third-order valence-electron chi connectivity index (χ3n) is 5.78. The molecular weight excluding hydrogens is 464 g/mol. The van der Waals surface area contributed by atoms with E-state index in [9.17, 15) is 9.59 Å². The van der Waals surface area contributed by atoms with Crippen LogP contribution < -0.4 is 10.6 Å². The van der Waals surface area contributed by atoms with E-state index >= 15 is 0 Å². The van der Waals surface area contributed by atoms with Gasteiger partial charge in [-0.15, -0.1) is 0 Å². The minimum absolute atomic E-state index is 0.134. The third kappa shape index (κ3) is 7.20. The predicted octanol–water partition coefficient (Wildman–Crippen LogP) is 5.79. The summed E-state index contributed by atoms with van der Waals surface area (Å²) in [5.74, 6) is 0.374. The molecule has 0 atom stereocenters. The number of urea groups is 1. The van der Waals surface area contributed by atoms with Crippen molar-refractivity contribution in [2.45, 2.75) is 53.9 Å². The highest BCUT2D eigenvalue weighted by Crippen LogP contribution is 2.28. The number of aryl methyl sites for hydroxylation is 2. The van der Waals surface area contributed by atoms with Crippen LogP contribution in [0, 0.1) is 31.1 Å². The van der Waals surface area contributed by atoms with E-state index in [4.69, 9.17) is 10.4 Å². The Morgan fingerprint density at radius 3 is 2.43 bits per heavy atom. The lowest BCUT2D eigenvalue weighted by molar-refractivity contribution is -0.116. The molecule has 37 heavy (non-hydrogen) atoms. The minimum atomic E-state index is -0.405. The summed E-state index contributed by atoms with van der Waals surface area (Å²) in [6.45, 7) is 14.5. The molecule has 0 aliphatic rings. The number of nitriles is 1. The highest BCUT2D eigenvalue weighted by atomic mass is 16.2. The van der Waals surface area contributed by atoms with Gasteiger partial charge in [-0.1, -0.05) is 58.4 Å². The van der Waals surface area contributed by atoms with E-state index in [0.29, 0.717) is 23.6 Å². The smallest absolute Gasteiger partial charge is 0.315 e. The van der Waals surface area contributed by atoms with E-state index < -0.39 is 6.03 Å². The number of anilines is 2. The zero-order chi connectivity index (χ0) is 27.3. The monoisotopic (exact) mass is 500 g/mol. The number of rotatable bonds is 7. The van der Waals surface area contributed by atoms with Crippen molar-refractivity contribution in [1.29, 1.82) is 5.26 Å². The van der Waals surface area contributed by atoms with Crippen LogP contribution in [0.2, 0.25) is 0 Å². The van der Waals surface area contributed by atoms with Crippen molar-refractivity contribution in [1.82, 2.24) is 14.7 Å². The first kappa shape index (κ1) is 27.5. The molecule has 0 spiro atoms. The number of hydrogen-bond donors (Lipinski definition) is 2. The van der Waals surface area contributed by atoms with Crippen LogP contribution in [0.5, 0.6) is 0 Å². The first-order chi connectivity index (χ1) is 17.4. The Labute approximate surface area is 219 Å². The minimum Gasteiger partial charge on any atom is -0.315 e. The maximum Gasteiger partial charge on any atom is 0.322 e. The van der Waals surface area contributed by atoms with E-state index in [1.54, 1.807) is 28.9 Å². The molecule has 0 radical (unpaired) electrons. The molecule has 194 valence electrons. The highest BCUT2D eigenvalue weighted by molar-refractivity contribution is 5.97. The molecule has 3 aromatic rings. The van der Waals surface area contributed by atoms with Crippen LogP contribution in [-0.4, -0.2) is 39.7 Å². The number of aromatic nitrogens is 2. The van der Waals surface area contributed by atoms with Crippen molar-refractivity contribution in [2.75, 3.05) is 23.7 Å². The molecule has 0 aliphatic carbocycles. The van der Waals surface area contributed by atoms with Crippen LogP contribution in [0.4, 0.5) is 16.3 Å². The number of carbonyl (C=O) groups is 2. The van der Waals surface area contributed by atoms with E-state index in [2.05, 4.69) is 43.5 Å². The molecule has 8 heteroatoms. The van der Waals surface area contributed by atoms with Crippen molar-refractivity contribution in [3.63, 3.8) is 0 Å². The Hall–Kier alpha value is -4.12. The van der Waals surface area contributed by atoms with Gasteiger partial charge in [0.15, 0.2) is 0 Å². The number of nitrogens with one attached hydrogen (secondary N) is 2. The maximum atomic E-state index is 13.2. The first-order valence-electron chi connectivity index (χ1n) is 12.4. The second-order valence-corrected chi connectivity index (χ2v) is 10.8. The second-order valence-electron chi connectivity index (χ2n) is 10.8. The average molecular weight is 501 g/mol. The number of nitrogens with zero attached hydrogens (tertiary/aromatic N) is 4. The first-order valence-corrected chi connectivity index (χ1v) is 12.4. The van der Waals surface area contributed by atoms with Gasteiger partial charge in [0.1, 0.15) is 12.4 Å². The number of amides is 3. The van der Waals surface area contributed by atoms with Crippen LogP contribution in [0.15, 0.2) is 48.5 Å². The summed E-state index contributed by atoms with van der Waals surface area (Å²) in [7, 11) is 0. The number of benzene rings is 2. The van der Waals surface area contributed by atoms with E-state index in [-0.39, 0.29) is 23.8 Å². The van der Waals surface area contributed by atoms with Crippen molar-refractivity contribution >= 4 is 23.4 Å². The zero-order valence-corrected chi connectivity index (χ0v) is 22.7. The lowest BCUT2D eigenvalue weighted by atomic mass is 9.92. The van der Waals surface area contributed by atoms with Gasteiger partial charge < -0.3 is 15.5 Å². The van der Waals surface area contributed by atoms with Crippen LogP contribution in [-0.2, 0) is 10.2 Å². The summed E-state index contributed by atoms with van der Waals surface area (Å²) in [4.78, 5) is 27.8. The molecule has 2 aromatic carbocycles. The van der Waals surface area contributed by atoms with E-state index in [0.717, 1.165) is 22.5 Å². The molecule has 1 heterocycles. The molecule has 3 rings (SSSR count). The quantitative estimate of drug-likeness (QED) is 0.429. The number of carbonyl (C=O) groups excluding carboxylic acids is 2. The fourth-order valence-corrected chi connectivity index (χ4v) is 3.95. The van der Waals surface area contributed by atoms with Gasteiger partial charge >= 0.3 is 6.03 Å². The fourth-order valence-electron chi connectivity index (χ4n) is 3.95. The Balaban J connectivity index is 1.85. The lowest BCUT2D eigenvalue weighted by Crippen LogP contribution is -2.42. The highest BCUT2D eigenvalue weighted by Gasteiger charge is 2.24. The van der Waals surface area contributed by atoms with Crippen molar-refractivity contribution in [2.24, 2.45) is 5.92 Å². The molecule has 0 saturated heterocycles. The van der Waals surface area contributed by atoms with Gasteiger partial charge in [-0.3, -0.25) is 4.79 Å². The molecule has 0 aliphatic heterocycles. The van der Waals surface area contributed by atoms with Crippen LogP contribution in [0.25, 0.3) is 5.69 Å². The Morgan fingerprint density at radius 1 is 1.08 bits per heavy atom. The topological polar surface area (TPSA) is 103 Å². The van der Waals surface area contributed by atoms with Gasteiger partial charge in [-0.2, -0.15) is 10.4 Å². The van der Waals surface area contributed by atoms with Gasteiger partial charge in [0.2, 0.25) is 5.91 Å². The zero-order valence-electron chi connectivity index (χ0n) is 22.7. The van der Waals surface area contributed by atoms with Gasteiger partial charge in [-0.05, 0) is 49.6 Å². The third-order valence-corrected chi connectivity index (χ3v) is 5.78. The lowest BCUT2D eigenvalue weighted by Gasteiger charge is -2.24. The molecule has 2 N–H and O–H groups in total. The van der Waals surface area contributed by atoms with E-state index in [1.165, 1.54) is 4.90 Å². The molecule has 1 aromatic heterocycles. The molecule has 0 unspecified atom stereocenters. The molecule has 0 fully saturated rings. The summed E-state index contributed by atoms with van der Waals surface area (Å²) in [6, 6.07) is 16.3. The van der Waals surface area contributed by atoms with Crippen LogP contribution in [0.3, 0.4) is 0 Å². The summed E-state index contributed by atoms with van der Waals surface area (Å²) in [5, 5.41) is 19.7. The van der Waals surface area contributed by atoms with Crippen LogP contribution in [0.1, 0.15) is 57.0 Å². The summed E-state index contributed by atoms with van der Waals surface area (Å²) >= 11 is 0. The van der Waals surface area contributed by atoms with E-state index in [1.807, 2.05) is 45.9 Å². The molecular formula is C29H36N6O2. The standard InChI is InChI=1S/C29H36N6O2/c1-19(2)17-34(28(37)31-23-10-8-9-22(14-23)16-30)18-27(36)32-26-15-25(29(5,6)7)33-35(26)24-12-11-20(3)13-21(24)4/h8-15,19H,17-18H2,1-7H3,(H,31,37)(H,32,36). The van der Waals surface area contributed by atoms with Gasteiger partial charge in [0.25, 0.3) is 0 Å². The molecule has 0 saturated carbocycles. The average Bonchev–Trinajstić information content (AvgIpc) is 3.22. The second kappa shape index (κ2) is 11.3. The largest absolute Gasteiger partial charge is 0.322 e. The maximum absolute atomic E-state index is 13.2. The summed E-state index contributed by atoms with van der Waals surface area (Å²) in [6.07, 6.45) is 0. The van der Waals surface area contributed by atoms with Crippen molar-refractivity contribution in [3.8, 4) is 11.8 Å². The van der Waals surface area contributed by atoms with Crippen molar-refractivity contribution < 1.29 is 9.59 Å². The molecule has 8 nitrogen and oxygen atoms in total. The van der Waals surface area contributed by atoms with Crippen molar-refractivity contribution in [3.05, 3.63) is 70.9 Å². The number of hydrogen-bond acceptors (Lipinski definition) is 4. The summed E-state index contributed by atoms with van der Waals surface area (Å²) in [5.41, 5.74) is 4.64. The SMILES string of the molecule is Cc1ccc(-n2nc(C(C)(C)C)cc2NC(=O)CN(CC(C)C)C(=O)Nc2cccc(C#N)c2)c(C)c1. The Kier molecular flexibility index (Phi) is 8.38. The van der Waals surface area contributed by atoms with Gasteiger partial charge in [0.05, 0.1) is 23.0 Å². The normalized spacial score (nSPS) is 11.2. The predicted molar refractivity (Wildman–Crippen MR) is 147 cm³/mol. The molecule has 0 bridgehead atoms. The van der Waals surface area contributed by atoms with Gasteiger partial charge in [-0.25, -0.2) is 9.48 Å². The molecule has 3 amide bonds. The fraction of sp³-hybridized carbons (Fsp3) is 0.379. The Morgan fingerprint density at radius 2 is 1.81 bits per heavy atom. The summed E-state index contributed by atoms with van der Waals surface area (Å²) < 4.78 is 1.76.